The highest BCUT2D eigenvalue weighted by Crippen LogP contribution is 2.13. The number of aliphatic hydroxyl groups is 7. The normalized spacial score (nSPS) is 12.0. The second-order valence-corrected chi connectivity index (χ2v) is 18.3. The number of carbonyl (C=O) groups excluding carboxylic acids is 2. The third kappa shape index (κ3) is 74.3. The average molecular weight is 1000 g/mol. The topological polar surface area (TPSA) is 232 Å². The van der Waals surface area contributed by atoms with E-state index in [9.17, 15) is 14.4 Å². The van der Waals surface area contributed by atoms with Crippen molar-refractivity contribution in [3.05, 3.63) is 36.5 Å². The first-order valence-electron chi connectivity index (χ1n) is 27.9. The minimum atomic E-state index is -0.964. The molecule has 0 aliphatic carbocycles. The van der Waals surface area contributed by atoms with Gasteiger partial charge in [0.25, 0.3) is 0 Å². The summed E-state index contributed by atoms with van der Waals surface area (Å²) in [5.74, 6) is -1.24. The molecule has 0 amide bonds. The van der Waals surface area contributed by atoms with Gasteiger partial charge in [0.1, 0.15) is 31.5 Å². The van der Waals surface area contributed by atoms with Crippen molar-refractivity contribution in [3.8, 4) is 0 Å². The molecular weight excluding hydrogens is 893 g/mol. The fraction of sp³-hybridized carbons (Fsp3) is 0.842. The maximum Gasteiger partial charge on any atom is 0.305 e. The number of rotatable bonds is 47. The molecule has 0 saturated carbocycles. The van der Waals surface area contributed by atoms with Gasteiger partial charge < -0.3 is 50.3 Å². The lowest BCUT2D eigenvalue weighted by atomic mass is 10.1. The summed E-state index contributed by atoms with van der Waals surface area (Å²) in [6, 6.07) is 0. The molecule has 0 aliphatic rings. The molecule has 0 heterocycles. The summed E-state index contributed by atoms with van der Waals surface area (Å²) in [5.41, 5.74) is 0. The van der Waals surface area contributed by atoms with E-state index in [1.807, 2.05) is 0 Å². The Labute approximate surface area is 427 Å². The minimum Gasteiger partial charge on any atom is -0.481 e. The molecule has 0 radical (unpaired) electrons. The fourth-order valence-electron chi connectivity index (χ4n) is 6.69. The van der Waals surface area contributed by atoms with Crippen molar-refractivity contribution in [2.45, 2.75) is 270 Å². The number of aliphatic carboxylic acids is 1. The number of unbranched alkanes of at least 4 members (excludes halogenated alkanes) is 27. The molecular formula is C57H110O13. The molecule has 0 aromatic carbocycles. The standard InChI is InChI=1S/C21H40O4.C21H38O4.C12H24O2.C3H8O3/c2*1-2-3-4-5-6-7-8-9-10-11-12-13-14-15-16-17-21(24)25-19-20(23)18-22;1-2-3-4-5-6-7-8-9-10-11-12(13)14;4-1-3(6)2-5/h9-10,20,22-23H,2-8,11-19H2,1H3;6-7,9-10,20,22-23H,2-5,8,11-19H2,1H3;2-11H2,1H3,(H,13,14);3-6H,1-2H2/b10-9-;7-6-,10-9-;;. The summed E-state index contributed by atoms with van der Waals surface area (Å²) in [6.07, 6.45) is 51.8. The van der Waals surface area contributed by atoms with Crippen LogP contribution in [0.25, 0.3) is 0 Å². The molecule has 2 unspecified atom stereocenters. The number of hydrogen-bond donors (Lipinski definition) is 8. The van der Waals surface area contributed by atoms with Crippen molar-refractivity contribution in [1.29, 1.82) is 0 Å². The van der Waals surface area contributed by atoms with E-state index in [1.54, 1.807) is 0 Å². The number of allylic oxidation sites excluding steroid dienone is 6. The summed E-state index contributed by atoms with van der Waals surface area (Å²) >= 11 is 0. The highest BCUT2D eigenvalue weighted by Gasteiger charge is 2.08. The zero-order valence-electron chi connectivity index (χ0n) is 45.0. The Morgan fingerprint density at radius 1 is 0.357 bits per heavy atom. The smallest absolute Gasteiger partial charge is 0.305 e. The van der Waals surface area contributed by atoms with E-state index in [2.05, 4.69) is 57.2 Å². The van der Waals surface area contributed by atoms with E-state index in [4.69, 9.17) is 50.3 Å². The summed E-state index contributed by atoms with van der Waals surface area (Å²) in [6.45, 7) is 5.00. The van der Waals surface area contributed by atoms with Gasteiger partial charge in [0.05, 0.1) is 26.4 Å². The van der Waals surface area contributed by atoms with Crippen LogP contribution in [0.15, 0.2) is 36.5 Å². The van der Waals surface area contributed by atoms with Gasteiger partial charge >= 0.3 is 17.9 Å². The Kier molecular flexibility index (Phi) is 70.0. The fourth-order valence-corrected chi connectivity index (χ4v) is 6.69. The maximum atomic E-state index is 11.4. The monoisotopic (exact) mass is 1000 g/mol. The predicted octanol–water partition coefficient (Wildman–Crippen LogP) is 11.9. The van der Waals surface area contributed by atoms with E-state index in [0.717, 1.165) is 70.6 Å². The molecule has 2 atom stereocenters. The van der Waals surface area contributed by atoms with E-state index in [-0.39, 0.29) is 51.6 Å². The van der Waals surface area contributed by atoms with Gasteiger partial charge in [-0.1, -0.05) is 192 Å². The van der Waals surface area contributed by atoms with E-state index in [0.29, 0.717) is 19.3 Å². The number of aliphatic hydroxyl groups excluding tert-OH is 7. The Bertz CT molecular complexity index is 1130. The van der Waals surface area contributed by atoms with Crippen molar-refractivity contribution in [2.75, 3.05) is 39.6 Å². The highest BCUT2D eigenvalue weighted by atomic mass is 16.5. The third-order valence-corrected chi connectivity index (χ3v) is 11.2. The molecule has 0 spiro atoms. The molecule has 0 aliphatic heterocycles. The van der Waals surface area contributed by atoms with Gasteiger partial charge in [-0.3, -0.25) is 14.4 Å². The van der Waals surface area contributed by atoms with E-state index < -0.39 is 24.3 Å². The molecule has 0 aromatic rings. The van der Waals surface area contributed by atoms with Crippen LogP contribution in [0.3, 0.4) is 0 Å². The van der Waals surface area contributed by atoms with Crippen LogP contribution in [0, 0.1) is 0 Å². The first-order chi connectivity index (χ1) is 34.0. The second kappa shape index (κ2) is 66.3. The van der Waals surface area contributed by atoms with E-state index in [1.165, 1.54) is 141 Å². The zero-order valence-corrected chi connectivity index (χ0v) is 45.0. The second-order valence-electron chi connectivity index (χ2n) is 18.3. The van der Waals surface area contributed by atoms with Crippen molar-refractivity contribution < 1.29 is 64.7 Å². The molecule has 13 nitrogen and oxygen atoms in total. The maximum absolute atomic E-state index is 11.4. The quantitative estimate of drug-likeness (QED) is 0.0161. The third-order valence-electron chi connectivity index (χ3n) is 11.2. The Morgan fingerprint density at radius 2 is 0.614 bits per heavy atom. The van der Waals surface area contributed by atoms with Crippen LogP contribution >= 0.6 is 0 Å². The summed E-state index contributed by atoms with van der Waals surface area (Å²) < 4.78 is 9.71. The Balaban J connectivity index is -0.000000454. The van der Waals surface area contributed by atoms with Gasteiger partial charge in [-0.05, 0) is 77.0 Å². The lowest BCUT2D eigenvalue weighted by Gasteiger charge is -2.08. The van der Waals surface area contributed by atoms with Crippen LogP contribution in [-0.2, 0) is 23.9 Å². The molecule has 0 aromatic heterocycles. The van der Waals surface area contributed by atoms with Crippen molar-refractivity contribution >= 4 is 17.9 Å². The van der Waals surface area contributed by atoms with Gasteiger partial charge in [-0.2, -0.15) is 0 Å². The average Bonchev–Trinajstić information content (AvgIpc) is 3.36. The number of carboxylic acids is 1. The van der Waals surface area contributed by atoms with Crippen molar-refractivity contribution in [1.82, 2.24) is 0 Å². The molecule has 0 bridgehead atoms. The molecule has 0 rings (SSSR count). The Morgan fingerprint density at radius 3 is 0.914 bits per heavy atom. The number of carboxylic acid groups (broad SMARTS) is 1. The van der Waals surface area contributed by atoms with Gasteiger partial charge in [0.15, 0.2) is 0 Å². The van der Waals surface area contributed by atoms with Crippen molar-refractivity contribution in [2.24, 2.45) is 0 Å². The van der Waals surface area contributed by atoms with Crippen LogP contribution in [-0.4, -0.2) is 117 Å². The van der Waals surface area contributed by atoms with Gasteiger partial charge in [-0.15, -0.1) is 0 Å². The number of carbonyl (C=O) groups is 3. The number of hydrogen-bond acceptors (Lipinski definition) is 12. The molecule has 0 saturated heterocycles. The molecule has 0 fully saturated rings. The number of ether oxygens (including phenoxy) is 2. The van der Waals surface area contributed by atoms with E-state index >= 15 is 0 Å². The first kappa shape index (κ1) is 73.9. The Hall–Kier alpha value is -2.65. The highest BCUT2D eigenvalue weighted by molar-refractivity contribution is 5.69. The van der Waals surface area contributed by atoms with Gasteiger partial charge in [0.2, 0.25) is 0 Å². The van der Waals surface area contributed by atoms with Gasteiger partial charge in [0, 0.05) is 19.3 Å². The van der Waals surface area contributed by atoms with Crippen LogP contribution < -0.4 is 0 Å². The summed E-state index contributed by atoms with van der Waals surface area (Å²) in [5, 5.41) is 67.8. The lowest BCUT2D eigenvalue weighted by molar-refractivity contribution is -0.148. The largest absolute Gasteiger partial charge is 0.481 e. The summed E-state index contributed by atoms with van der Waals surface area (Å²) in [7, 11) is 0. The number of esters is 2. The predicted molar refractivity (Wildman–Crippen MR) is 287 cm³/mol. The minimum absolute atomic E-state index is 0.111. The van der Waals surface area contributed by atoms with Crippen LogP contribution in [0.2, 0.25) is 0 Å². The molecule has 8 N–H and O–H groups in total. The lowest BCUT2D eigenvalue weighted by Crippen LogP contribution is -2.21. The summed E-state index contributed by atoms with van der Waals surface area (Å²) in [4.78, 5) is 32.9. The first-order valence-corrected chi connectivity index (χ1v) is 27.9. The SMILES string of the molecule is CCCCC/C=C\C/C=C\CCCCCCCC(=O)OCC(O)CO.CCCCCCCC/C=C\CCCCCCCC(=O)OCC(O)CO.CCCCCCCCCCCC(=O)O.OCC(O)CO. The van der Waals surface area contributed by atoms with Crippen LogP contribution in [0.5, 0.6) is 0 Å². The molecule has 13 heteroatoms. The zero-order chi connectivity index (χ0) is 52.8. The molecule has 70 heavy (non-hydrogen) atoms. The molecule has 416 valence electrons. The van der Waals surface area contributed by atoms with Crippen LogP contribution in [0.1, 0.15) is 252 Å². The van der Waals surface area contributed by atoms with Crippen molar-refractivity contribution in [3.63, 3.8) is 0 Å². The van der Waals surface area contributed by atoms with Crippen LogP contribution in [0.4, 0.5) is 0 Å². The van der Waals surface area contributed by atoms with Gasteiger partial charge in [-0.25, -0.2) is 0 Å².